The highest BCUT2D eigenvalue weighted by molar-refractivity contribution is 7.89. The quantitative estimate of drug-likeness (QED) is 0.665. The molecule has 1 aromatic heterocycles. The Balaban J connectivity index is 1.69. The maximum absolute atomic E-state index is 12.8. The lowest BCUT2D eigenvalue weighted by Gasteiger charge is -2.16. The summed E-state index contributed by atoms with van der Waals surface area (Å²) in [6.07, 6.45) is 1.30. The number of hydrogen-bond donors (Lipinski definition) is 1. The molecule has 156 valence electrons. The highest BCUT2D eigenvalue weighted by Gasteiger charge is 2.27. The highest BCUT2D eigenvalue weighted by atomic mass is 32.2. The number of anilines is 1. The van der Waals surface area contributed by atoms with Crippen molar-refractivity contribution in [2.45, 2.75) is 11.8 Å². The second-order valence-corrected chi connectivity index (χ2v) is 8.31. The van der Waals surface area contributed by atoms with Crippen molar-refractivity contribution in [3.63, 3.8) is 0 Å². The second kappa shape index (κ2) is 8.13. The van der Waals surface area contributed by atoms with Crippen LogP contribution in [0.25, 0.3) is 0 Å². The zero-order chi connectivity index (χ0) is 21.2. The van der Waals surface area contributed by atoms with Gasteiger partial charge in [0.25, 0.3) is 0 Å². The number of aryl methyl sites for hydroxylation is 1. The van der Waals surface area contributed by atoms with E-state index < -0.39 is 28.4 Å². The van der Waals surface area contributed by atoms with Gasteiger partial charge in [-0.25, -0.2) is 13.2 Å². The molecule has 1 N–H and O–H groups in total. The van der Waals surface area contributed by atoms with E-state index in [4.69, 9.17) is 14.2 Å². The number of amides is 1. The molecule has 1 aliphatic heterocycles. The van der Waals surface area contributed by atoms with Gasteiger partial charge in [0.1, 0.15) is 10.6 Å². The van der Waals surface area contributed by atoms with Crippen LogP contribution in [0.2, 0.25) is 0 Å². The molecule has 0 spiro atoms. The number of ether oxygens (including phenoxy) is 3. The zero-order valence-electron chi connectivity index (χ0n) is 16.2. The van der Waals surface area contributed by atoms with Gasteiger partial charge in [0.2, 0.25) is 22.7 Å². The second-order valence-electron chi connectivity index (χ2n) is 6.27. The predicted molar refractivity (Wildman–Crippen MR) is 102 cm³/mol. The van der Waals surface area contributed by atoms with E-state index in [2.05, 4.69) is 5.32 Å². The van der Waals surface area contributed by atoms with Gasteiger partial charge in [-0.15, -0.1) is 0 Å². The van der Waals surface area contributed by atoms with Gasteiger partial charge < -0.3 is 24.1 Å². The van der Waals surface area contributed by atoms with Crippen LogP contribution in [0.5, 0.6) is 11.5 Å². The Morgan fingerprint density at radius 2 is 1.97 bits per heavy atom. The third-order valence-corrected chi connectivity index (χ3v) is 5.96. The number of sulfonamides is 1. The minimum Gasteiger partial charge on any atom is -0.461 e. The summed E-state index contributed by atoms with van der Waals surface area (Å²) in [5, 5.41) is 2.62. The molecule has 1 amide bonds. The molecular formula is C18H21N3O7S. The van der Waals surface area contributed by atoms with Gasteiger partial charge in [-0.1, -0.05) is 0 Å². The highest BCUT2D eigenvalue weighted by Crippen LogP contribution is 2.34. The Hall–Kier alpha value is -3.05. The summed E-state index contributed by atoms with van der Waals surface area (Å²) in [7, 11) is -1.16. The molecule has 0 aliphatic carbocycles. The lowest BCUT2D eigenvalue weighted by Crippen LogP contribution is -2.34. The molecule has 0 saturated carbocycles. The van der Waals surface area contributed by atoms with Crippen LogP contribution in [-0.4, -0.2) is 56.2 Å². The van der Waals surface area contributed by atoms with E-state index in [0.717, 1.165) is 4.31 Å². The number of esters is 1. The number of carbonyl (C=O) groups is 2. The molecule has 10 nitrogen and oxygen atoms in total. The van der Waals surface area contributed by atoms with E-state index in [1.54, 1.807) is 25.1 Å². The summed E-state index contributed by atoms with van der Waals surface area (Å²) < 4.78 is 43.1. The molecule has 3 rings (SSSR count). The van der Waals surface area contributed by atoms with Crippen molar-refractivity contribution in [1.82, 2.24) is 8.87 Å². The minimum absolute atomic E-state index is 0.101. The van der Waals surface area contributed by atoms with Gasteiger partial charge in [0, 0.05) is 32.0 Å². The van der Waals surface area contributed by atoms with Gasteiger partial charge in [-0.2, -0.15) is 4.31 Å². The van der Waals surface area contributed by atoms with Crippen molar-refractivity contribution >= 4 is 27.6 Å². The molecule has 2 aromatic rings. The Morgan fingerprint density at radius 1 is 1.24 bits per heavy atom. The van der Waals surface area contributed by atoms with E-state index in [-0.39, 0.29) is 24.0 Å². The van der Waals surface area contributed by atoms with Crippen molar-refractivity contribution in [2.24, 2.45) is 7.05 Å². The SMILES string of the molecule is CCOC(=O)c1cc(S(=O)(=O)N(C)CC(=O)Nc2ccc3c(c2)OCO3)cn1C. The fraction of sp³-hybridized carbons (Fsp3) is 0.333. The summed E-state index contributed by atoms with van der Waals surface area (Å²) in [5.74, 6) is -0.0834. The van der Waals surface area contributed by atoms with E-state index in [1.807, 2.05) is 0 Å². The molecule has 0 fully saturated rings. The van der Waals surface area contributed by atoms with Gasteiger partial charge in [0.15, 0.2) is 11.5 Å². The van der Waals surface area contributed by atoms with Crippen molar-refractivity contribution in [2.75, 3.05) is 32.3 Å². The fourth-order valence-electron chi connectivity index (χ4n) is 2.73. The largest absolute Gasteiger partial charge is 0.461 e. The molecule has 0 atom stereocenters. The minimum atomic E-state index is -3.99. The maximum atomic E-state index is 12.8. The zero-order valence-corrected chi connectivity index (χ0v) is 17.0. The van der Waals surface area contributed by atoms with Crippen LogP contribution in [0, 0.1) is 0 Å². The molecule has 0 unspecified atom stereocenters. The number of carbonyl (C=O) groups excluding carboxylic acids is 2. The Bertz CT molecular complexity index is 1050. The van der Waals surface area contributed by atoms with Crippen LogP contribution in [0.3, 0.4) is 0 Å². The molecular weight excluding hydrogens is 402 g/mol. The smallest absolute Gasteiger partial charge is 0.354 e. The first-order valence-electron chi connectivity index (χ1n) is 8.71. The lowest BCUT2D eigenvalue weighted by molar-refractivity contribution is -0.116. The van der Waals surface area contributed by atoms with Crippen LogP contribution in [0.1, 0.15) is 17.4 Å². The van der Waals surface area contributed by atoms with Crippen molar-refractivity contribution in [1.29, 1.82) is 0 Å². The third kappa shape index (κ3) is 4.35. The van der Waals surface area contributed by atoms with Gasteiger partial charge in [-0.3, -0.25) is 4.79 Å². The lowest BCUT2D eigenvalue weighted by atomic mass is 10.3. The first-order chi connectivity index (χ1) is 13.7. The molecule has 0 radical (unpaired) electrons. The van der Waals surface area contributed by atoms with Crippen LogP contribution >= 0.6 is 0 Å². The normalized spacial score (nSPS) is 12.8. The molecule has 11 heteroatoms. The van der Waals surface area contributed by atoms with E-state index in [0.29, 0.717) is 17.2 Å². The number of aromatic nitrogens is 1. The summed E-state index contributed by atoms with van der Waals surface area (Å²) >= 11 is 0. The van der Waals surface area contributed by atoms with Crippen LogP contribution in [-0.2, 0) is 26.6 Å². The first-order valence-corrected chi connectivity index (χ1v) is 10.2. The molecule has 1 aromatic carbocycles. The van der Waals surface area contributed by atoms with Crippen LogP contribution in [0.4, 0.5) is 5.69 Å². The topological polar surface area (TPSA) is 116 Å². The van der Waals surface area contributed by atoms with Gasteiger partial charge in [-0.05, 0) is 25.1 Å². The number of likely N-dealkylation sites (N-methyl/N-ethyl adjacent to an activating group) is 1. The Labute approximate surface area is 168 Å². The molecule has 1 aliphatic rings. The van der Waals surface area contributed by atoms with E-state index >= 15 is 0 Å². The van der Waals surface area contributed by atoms with Crippen LogP contribution in [0.15, 0.2) is 35.4 Å². The van der Waals surface area contributed by atoms with E-state index in [1.165, 1.54) is 30.9 Å². The number of hydrogen-bond acceptors (Lipinski definition) is 7. The Morgan fingerprint density at radius 3 is 2.69 bits per heavy atom. The molecule has 0 bridgehead atoms. The van der Waals surface area contributed by atoms with Crippen molar-refractivity contribution in [3.8, 4) is 11.5 Å². The molecule has 0 saturated heterocycles. The van der Waals surface area contributed by atoms with Crippen LogP contribution < -0.4 is 14.8 Å². The fourth-order valence-corrected chi connectivity index (χ4v) is 3.92. The van der Waals surface area contributed by atoms with Crippen molar-refractivity contribution in [3.05, 3.63) is 36.2 Å². The summed E-state index contributed by atoms with van der Waals surface area (Å²) in [5.41, 5.74) is 0.554. The predicted octanol–water partition coefficient (Wildman–Crippen LogP) is 1.19. The summed E-state index contributed by atoms with van der Waals surface area (Å²) in [6.45, 7) is 1.52. The Kier molecular flexibility index (Phi) is 5.80. The number of nitrogens with zero attached hydrogens (tertiary/aromatic N) is 2. The van der Waals surface area contributed by atoms with E-state index in [9.17, 15) is 18.0 Å². The summed E-state index contributed by atoms with van der Waals surface area (Å²) in [4.78, 5) is 24.1. The number of fused-ring (bicyclic) bond motifs is 1. The standard InChI is InChI=1S/C18H21N3O7S/c1-4-26-18(23)14-8-13(9-20(14)2)29(24,25)21(3)10-17(22)19-12-5-6-15-16(7-12)28-11-27-15/h5-9H,4,10-11H2,1-3H3,(H,19,22). The number of benzene rings is 1. The van der Waals surface area contributed by atoms with Crippen molar-refractivity contribution < 1.29 is 32.2 Å². The maximum Gasteiger partial charge on any atom is 0.354 e. The first kappa shape index (κ1) is 20.7. The summed E-state index contributed by atoms with van der Waals surface area (Å²) in [6, 6.07) is 6.10. The number of rotatable bonds is 7. The van der Waals surface area contributed by atoms with Gasteiger partial charge in [0.05, 0.1) is 13.2 Å². The monoisotopic (exact) mass is 423 g/mol. The molecule has 29 heavy (non-hydrogen) atoms. The molecule has 2 heterocycles. The third-order valence-electron chi connectivity index (χ3n) is 4.20. The van der Waals surface area contributed by atoms with Gasteiger partial charge >= 0.3 is 5.97 Å². The average Bonchev–Trinajstić information content (AvgIpc) is 3.28. The number of nitrogens with one attached hydrogen (secondary N) is 1. The average molecular weight is 423 g/mol.